The molecular weight excluding hydrogens is 373 g/mol. The highest BCUT2D eigenvalue weighted by Crippen LogP contribution is 2.41. The first-order valence-electron chi connectivity index (χ1n) is 8.49. The summed E-state index contributed by atoms with van der Waals surface area (Å²) in [6, 6.07) is 9.71. The lowest BCUT2D eigenvalue weighted by atomic mass is 9.89. The lowest BCUT2D eigenvalue weighted by molar-refractivity contribution is 0.0497. The van der Waals surface area contributed by atoms with Crippen LogP contribution in [0, 0.1) is 5.82 Å². The molecule has 2 aromatic rings. The Hall–Kier alpha value is -2.45. The van der Waals surface area contributed by atoms with Gasteiger partial charge >= 0.3 is 0 Å². The van der Waals surface area contributed by atoms with Crippen LogP contribution < -0.4 is 9.47 Å². The van der Waals surface area contributed by atoms with Crippen molar-refractivity contribution < 1.29 is 27.1 Å². The number of nitrogens with zero attached hydrogens (tertiary/aromatic N) is 1. The molecule has 1 saturated heterocycles. The number of carbonyl (C=O) groups excluding carboxylic acids is 1. The highest BCUT2D eigenvalue weighted by molar-refractivity contribution is 7.89. The SMILES string of the molecule is COc1ccc2c(c1)C(=O)CC1(CCN(S(=O)(=O)c3ccc(F)cc3)C1)O2. The number of ketones is 1. The molecule has 6 nitrogen and oxygen atoms in total. The summed E-state index contributed by atoms with van der Waals surface area (Å²) in [5.74, 6) is 0.401. The fourth-order valence-corrected chi connectivity index (χ4v) is 5.11. The number of sulfonamides is 1. The zero-order valence-corrected chi connectivity index (χ0v) is 15.5. The second kappa shape index (κ2) is 6.31. The Morgan fingerprint density at radius 3 is 2.63 bits per heavy atom. The maximum Gasteiger partial charge on any atom is 0.243 e. The maximum atomic E-state index is 13.1. The van der Waals surface area contributed by atoms with Crippen LogP contribution in [0.5, 0.6) is 11.5 Å². The second-order valence-corrected chi connectivity index (χ2v) is 8.73. The average molecular weight is 391 g/mol. The zero-order chi connectivity index (χ0) is 19.2. The van der Waals surface area contributed by atoms with Crippen molar-refractivity contribution in [2.75, 3.05) is 20.2 Å². The van der Waals surface area contributed by atoms with Crippen LogP contribution in [0.15, 0.2) is 47.4 Å². The van der Waals surface area contributed by atoms with Gasteiger partial charge in [0, 0.05) is 13.0 Å². The van der Waals surface area contributed by atoms with Crippen molar-refractivity contribution in [3.63, 3.8) is 0 Å². The summed E-state index contributed by atoms with van der Waals surface area (Å²) in [7, 11) is -2.26. The van der Waals surface area contributed by atoms with E-state index in [1.165, 1.54) is 23.5 Å². The van der Waals surface area contributed by atoms with Crippen LogP contribution in [-0.4, -0.2) is 44.3 Å². The van der Waals surface area contributed by atoms with Crippen molar-refractivity contribution in [1.82, 2.24) is 4.31 Å². The Morgan fingerprint density at radius 1 is 1.19 bits per heavy atom. The van der Waals surface area contributed by atoms with E-state index in [1.54, 1.807) is 18.2 Å². The largest absolute Gasteiger partial charge is 0.497 e. The first kappa shape index (κ1) is 17.9. The minimum Gasteiger partial charge on any atom is -0.497 e. The molecule has 0 saturated carbocycles. The van der Waals surface area contributed by atoms with Gasteiger partial charge in [0.25, 0.3) is 0 Å². The van der Waals surface area contributed by atoms with Gasteiger partial charge in [-0.2, -0.15) is 4.31 Å². The quantitative estimate of drug-likeness (QED) is 0.804. The lowest BCUT2D eigenvalue weighted by Gasteiger charge is -2.34. The number of fused-ring (bicyclic) bond motifs is 1. The van der Waals surface area contributed by atoms with Crippen molar-refractivity contribution >= 4 is 15.8 Å². The monoisotopic (exact) mass is 391 g/mol. The molecule has 142 valence electrons. The van der Waals surface area contributed by atoms with Gasteiger partial charge in [0.2, 0.25) is 10.0 Å². The molecule has 2 heterocycles. The highest BCUT2D eigenvalue weighted by atomic mass is 32.2. The van der Waals surface area contributed by atoms with Gasteiger partial charge in [-0.25, -0.2) is 12.8 Å². The third kappa shape index (κ3) is 3.08. The van der Waals surface area contributed by atoms with Gasteiger partial charge in [-0.3, -0.25) is 4.79 Å². The van der Waals surface area contributed by atoms with Crippen molar-refractivity contribution in [2.24, 2.45) is 0 Å². The summed E-state index contributed by atoms with van der Waals surface area (Å²) in [6.45, 7) is 0.308. The molecule has 2 aliphatic heterocycles. The molecule has 0 amide bonds. The summed E-state index contributed by atoms with van der Waals surface area (Å²) in [5, 5.41) is 0. The molecule has 0 N–H and O–H groups in total. The predicted molar refractivity (Wildman–Crippen MR) is 95.1 cm³/mol. The number of rotatable bonds is 3. The topological polar surface area (TPSA) is 72.9 Å². The van der Waals surface area contributed by atoms with Gasteiger partial charge in [-0.15, -0.1) is 0 Å². The number of benzene rings is 2. The molecule has 4 rings (SSSR count). The van der Waals surface area contributed by atoms with Crippen molar-refractivity contribution in [3.05, 3.63) is 53.8 Å². The van der Waals surface area contributed by atoms with Gasteiger partial charge in [-0.05, 0) is 42.5 Å². The fraction of sp³-hybridized carbons (Fsp3) is 0.316. The Labute approximate surface area is 156 Å². The third-order valence-corrected chi connectivity index (χ3v) is 6.89. The van der Waals surface area contributed by atoms with E-state index >= 15 is 0 Å². The van der Waals surface area contributed by atoms with E-state index in [2.05, 4.69) is 0 Å². The summed E-state index contributed by atoms with van der Waals surface area (Å²) < 4.78 is 51.3. The molecule has 0 bridgehead atoms. The van der Waals surface area contributed by atoms with Gasteiger partial charge in [0.05, 0.1) is 30.5 Å². The van der Waals surface area contributed by atoms with Gasteiger partial charge in [0.15, 0.2) is 5.78 Å². The number of hydrogen-bond acceptors (Lipinski definition) is 5. The molecule has 2 aromatic carbocycles. The molecule has 0 aromatic heterocycles. The standard InChI is InChI=1S/C19H18FNO5S/c1-25-14-4-7-18-16(10-14)17(22)11-19(26-18)8-9-21(12-19)27(23,24)15-5-2-13(20)3-6-15/h2-7,10H,8-9,11-12H2,1H3. The Bertz CT molecular complexity index is 1010. The summed E-state index contributed by atoms with van der Waals surface area (Å²) >= 11 is 0. The Balaban J connectivity index is 1.60. The van der Waals surface area contributed by atoms with Crippen LogP contribution in [0.25, 0.3) is 0 Å². The van der Waals surface area contributed by atoms with Crippen LogP contribution in [0.1, 0.15) is 23.2 Å². The predicted octanol–water partition coefficient (Wildman–Crippen LogP) is 2.63. The first-order chi connectivity index (χ1) is 12.8. The number of methoxy groups -OCH3 is 1. The Morgan fingerprint density at radius 2 is 1.93 bits per heavy atom. The lowest BCUT2D eigenvalue weighted by Crippen LogP contribution is -2.45. The zero-order valence-electron chi connectivity index (χ0n) is 14.6. The van der Waals surface area contributed by atoms with Crippen LogP contribution >= 0.6 is 0 Å². The maximum absolute atomic E-state index is 13.1. The van der Waals surface area contributed by atoms with Crippen LogP contribution in [0.3, 0.4) is 0 Å². The van der Waals surface area contributed by atoms with Gasteiger partial charge < -0.3 is 9.47 Å². The van der Waals surface area contributed by atoms with Crippen LogP contribution in [0.2, 0.25) is 0 Å². The molecule has 1 unspecified atom stereocenters. The van der Waals surface area contributed by atoms with E-state index in [9.17, 15) is 17.6 Å². The van der Waals surface area contributed by atoms with E-state index in [4.69, 9.17) is 9.47 Å². The number of hydrogen-bond donors (Lipinski definition) is 0. The van der Waals surface area contributed by atoms with E-state index < -0.39 is 21.4 Å². The molecular formula is C19H18FNO5S. The number of Topliss-reactive ketones (excluding diaryl/α,β-unsaturated/α-hetero) is 1. The van der Waals surface area contributed by atoms with E-state index in [0.717, 1.165) is 12.1 Å². The molecule has 1 atom stereocenters. The molecule has 8 heteroatoms. The summed E-state index contributed by atoms with van der Waals surface area (Å²) in [5.41, 5.74) is -0.439. The van der Waals surface area contributed by atoms with Crippen LogP contribution in [-0.2, 0) is 10.0 Å². The van der Waals surface area contributed by atoms with Gasteiger partial charge in [-0.1, -0.05) is 0 Å². The second-order valence-electron chi connectivity index (χ2n) is 6.79. The Kier molecular flexibility index (Phi) is 4.20. The number of halogens is 1. The van der Waals surface area contributed by atoms with E-state index in [1.807, 2.05) is 0 Å². The van der Waals surface area contributed by atoms with Gasteiger partial charge in [0.1, 0.15) is 22.9 Å². The number of carbonyl (C=O) groups is 1. The molecule has 0 aliphatic carbocycles. The van der Waals surface area contributed by atoms with Crippen molar-refractivity contribution in [2.45, 2.75) is 23.3 Å². The molecule has 1 spiro atoms. The molecule has 2 aliphatic rings. The smallest absolute Gasteiger partial charge is 0.243 e. The highest BCUT2D eigenvalue weighted by Gasteiger charge is 2.49. The minimum absolute atomic E-state index is 0.0215. The molecule has 1 fully saturated rings. The van der Waals surface area contributed by atoms with E-state index in [-0.39, 0.29) is 30.2 Å². The summed E-state index contributed by atoms with van der Waals surface area (Å²) in [4.78, 5) is 12.7. The molecule has 27 heavy (non-hydrogen) atoms. The first-order valence-corrected chi connectivity index (χ1v) is 9.93. The average Bonchev–Trinajstić information content (AvgIpc) is 3.06. The van der Waals surface area contributed by atoms with Crippen LogP contribution in [0.4, 0.5) is 4.39 Å². The minimum atomic E-state index is -3.78. The number of ether oxygens (including phenoxy) is 2. The van der Waals surface area contributed by atoms with Crippen molar-refractivity contribution in [3.8, 4) is 11.5 Å². The van der Waals surface area contributed by atoms with E-state index in [0.29, 0.717) is 23.5 Å². The van der Waals surface area contributed by atoms with Crippen molar-refractivity contribution in [1.29, 1.82) is 0 Å². The molecule has 0 radical (unpaired) electrons. The normalized spacial score (nSPS) is 22.5. The third-order valence-electron chi connectivity index (χ3n) is 5.03. The fourth-order valence-electron chi connectivity index (χ4n) is 3.60. The summed E-state index contributed by atoms with van der Waals surface area (Å²) in [6.07, 6.45) is 0.507.